The van der Waals surface area contributed by atoms with Gasteiger partial charge in [-0.05, 0) is 24.6 Å². The van der Waals surface area contributed by atoms with Gasteiger partial charge in [-0.25, -0.2) is 4.39 Å². The zero-order chi connectivity index (χ0) is 13.8. The van der Waals surface area contributed by atoms with Crippen LogP contribution in [0.1, 0.15) is 22.8 Å². The predicted octanol–water partition coefficient (Wildman–Crippen LogP) is 3.42. The molecule has 19 heavy (non-hydrogen) atoms. The molecule has 3 heteroatoms. The molecule has 2 rings (SSSR count). The third-order valence-corrected chi connectivity index (χ3v) is 3.11. The largest absolute Gasteiger partial charge is 0.496 e. The first kappa shape index (κ1) is 13.6. The molecule has 0 bridgehead atoms. The molecule has 1 atom stereocenters. The lowest BCUT2D eigenvalue weighted by atomic mass is 9.99. The Hall–Kier alpha value is -1.87. The van der Waals surface area contributed by atoms with Crippen molar-refractivity contribution in [3.63, 3.8) is 0 Å². The van der Waals surface area contributed by atoms with Crippen LogP contribution in [-0.2, 0) is 6.42 Å². The number of rotatable bonds is 4. The molecule has 0 radical (unpaired) electrons. The van der Waals surface area contributed by atoms with Crippen LogP contribution in [0.3, 0.4) is 0 Å². The minimum atomic E-state index is -0.878. The number of aryl methyl sites for hydroxylation is 1. The van der Waals surface area contributed by atoms with Crippen molar-refractivity contribution in [1.29, 1.82) is 0 Å². The topological polar surface area (TPSA) is 29.5 Å². The normalized spacial score (nSPS) is 12.2. The summed E-state index contributed by atoms with van der Waals surface area (Å²) >= 11 is 0. The lowest BCUT2D eigenvalue weighted by Crippen LogP contribution is -2.05. The van der Waals surface area contributed by atoms with E-state index in [-0.39, 0.29) is 5.82 Å². The van der Waals surface area contributed by atoms with Crippen LogP contribution in [0, 0.1) is 12.7 Å². The number of benzene rings is 2. The van der Waals surface area contributed by atoms with Crippen molar-refractivity contribution in [2.24, 2.45) is 0 Å². The van der Waals surface area contributed by atoms with Gasteiger partial charge in [0.2, 0.25) is 0 Å². The average Bonchev–Trinajstić information content (AvgIpc) is 2.39. The van der Waals surface area contributed by atoms with Crippen LogP contribution < -0.4 is 4.74 Å². The lowest BCUT2D eigenvalue weighted by Gasteiger charge is -2.15. The standard InChI is InChI=1S/C16H17FO2/c1-11-7-8-16(19-2)12(9-11)10-15(18)13-5-3-4-6-14(13)17/h3-9,15,18H,10H2,1-2H3. The smallest absolute Gasteiger partial charge is 0.129 e. The highest BCUT2D eigenvalue weighted by Crippen LogP contribution is 2.27. The first-order valence-corrected chi connectivity index (χ1v) is 6.18. The Morgan fingerprint density at radius 2 is 1.95 bits per heavy atom. The molecule has 0 saturated heterocycles. The number of hydrogen-bond donors (Lipinski definition) is 1. The Morgan fingerprint density at radius 1 is 1.21 bits per heavy atom. The molecule has 100 valence electrons. The van der Waals surface area contributed by atoms with E-state index in [1.165, 1.54) is 6.07 Å². The first-order chi connectivity index (χ1) is 9.11. The molecule has 0 fully saturated rings. The molecular formula is C16H17FO2. The minimum Gasteiger partial charge on any atom is -0.496 e. The Kier molecular flexibility index (Phi) is 4.17. The van der Waals surface area contributed by atoms with Gasteiger partial charge in [-0.2, -0.15) is 0 Å². The van der Waals surface area contributed by atoms with Crippen LogP contribution in [0.25, 0.3) is 0 Å². The van der Waals surface area contributed by atoms with E-state index < -0.39 is 6.10 Å². The average molecular weight is 260 g/mol. The summed E-state index contributed by atoms with van der Waals surface area (Å²) in [5.41, 5.74) is 2.26. The number of halogens is 1. The third kappa shape index (κ3) is 3.12. The van der Waals surface area contributed by atoms with E-state index >= 15 is 0 Å². The van der Waals surface area contributed by atoms with E-state index in [2.05, 4.69) is 0 Å². The second-order valence-corrected chi connectivity index (χ2v) is 4.56. The molecule has 1 unspecified atom stereocenters. The van der Waals surface area contributed by atoms with Gasteiger partial charge in [-0.3, -0.25) is 0 Å². The molecule has 0 spiro atoms. The quantitative estimate of drug-likeness (QED) is 0.912. The van der Waals surface area contributed by atoms with Gasteiger partial charge in [0.1, 0.15) is 11.6 Å². The Morgan fingerprint density at radius 3 is 2.63 bits per heavy atom. The summed E-state index contributed by atoms with van der Waals surface area (Å²) in [7, 11) is 1.59. The molecule has 0 heterocycles. The minimum absolute atomic E-state index is 0.311. The van der Waals surface area contributed by atoms with Gasteiger partial charge in [-0.1, -0.05) is 35.9 Å². The Labute approximate surface area is 112 Å². The fourth-order valence-electron chi connectivity index (χ4n) is 2.13. The van der Waals surface area contributed by atoms with Crippen LogP contribution >= 0.6 is 0 Å². The number of aliphatic hydroxyl groups excluding tert-OH is 1. The predicted molar refractivity (Wildman–Crippen MR) is 72.8 cm³/mol. The molecule has 2 aromatic carbocycles. The molecule has 0 aliphatic heterocycles. The summed E-state index contributed by atoms with van der Waals surface area (Å²) in [5, 5.41) is 10.2. The van der Waals surface area contributed by atoms with Crippen LogP contribution in [0.15, 0.2) is 42.5 Å². The maximum Gasteiger partial charge on any atom is 0.129 e. The zero-order valence-corrected chi connectivity index (χ0v) is 11.1. The van der Waals surface area contributed by atoms with Crippen molar-refractivity contribution in [3.05, 3.63) is 65.0 Å². The number of hydrogen-bond acceptors (Lipinski definition) is 2. The van der Waals surface area contributed by atoms with Crippen molar-refractivity contribution in [3.8, 4) is 5.75 Å². The first-order valence-electron chi connectivity index (χ1n) is 6.18. The van der Waals surface area contributed by atoms with Gasteiger partial charge in [0.05, 0.1) is 13.2 Å². The maximum absolute atomic E-state index is 13.6. The van der Waals surface area contributed by atoms with Crippen LogP contribution in [0.4, 0.5) is 4.39 Å². The van der Waals surface area contributed by atoms with E-state index in [0.29, 0.717) is 17.7 Å². The number of ether oxygens (including phenoxy) is 1. The van der Waals surface area contributed by atoms with Gasteiger partial charge in [0, 0.05) is 12.0 Å². The summed E-state index contributed by atoms with van der Waals surface area (Å²) in [6.45, 7) is 1.97. The maximum atomic E-state index is 13.6. The molecule has 2 nitrogen and oxygen atoms in total. The lowest BCUT2D eigenvalue weighted by molar-refractivity contribution is 0.172. The van der Waals surface area contributed by atoms with Crippen LogP contribution in [-0.4, -0.2) is 12.2 Å². The van der Waals surface area contributed by atoms with E-state index in [4.69, 9.17) is 4.74 Å². The number of methoxy groups -OCH3 is 1. The molecule has 0 amide bonds. The van der Waals surface area contributed by atoms with E-state index in [0.717, 1.165) is 11.1 Å². The van der Waals surface area contributed by atoms with E-state index in [1.54, 1.807) is 25.3 Å². The summed E-state index contributed by atoms with van der Waals surface area (Å²) in [5.74, 6) is 0.322. The van der Waals surface area contributed by atoms with Crippen molar-refractivity contribution in [2.45, 2.75) is 19.4 Å². The molecule has 0 saturated carbocycles. The van der Waals surface area contributed by atoms with Crippen molar-refractivity contribution >= 4 is 0 Å². The molecule has 2 aromatic rings. The fourth-order valence-corrected chi connectivity index (χ4v) is 2.13. The molecule has 0 aliphatic carbocycles. The van der Waals surface area contributed by atoms with Gasteiger partial charge >= 0.3 is 0 Å². The van der Waals surface area contributed by atoms with Gasteiger partial charge < -0.3 is 9.84 Å². The summed E-state index contributed by atoms with van der Waals surface area (Å²) in [4.78, 5) is 0. The molecule has 0 aliphatic rings. The summed E-state index contributed by atoms with van der Waals surface area (Å²) in [6, 6.07) is 12.0. The Bertz CT molecular complexity index is 566. The highest BCUT2D eigenvalue weighted by atomic mass is 19.1. The van der Waals surface area contributed by atoms with Crippen molar-refractivity contribution in [1.82, 2.24) is 0 Å². The fraction of sp³-hybridized carbons (Fsp3) is 0.250. The van der Waals surface area contributed by atoms with Gasteiger partial charge in [-0.15, -0.1) is 0 Å². The van der Waals surface area contributed by atoms with E-state index in [1.807, 2.05) is 25.1 Å². The monoisotopic (exact) mass is 260 g/mol. The zero-order valence-electron chi connectivity index (χ0n) is 11.1. The van der Waals surface area contributed by atoms with Crippen molar-refractivity contribution in [2.75, 3.05) is 7.11 Å². The van der Waals surface area contributed by atoms with Gasteiger partial charge in [0.25, 0.3) is 0 Å². The molecular weight excluding hydrogens is 243 g/mol. The third-order valence-electron chi connectivity index (χ3n) is 3.11. The molecule has 1 N–H and O–H groups in total. The Balaban J connectivity index is 2.26. The number of aliphatic hydroxyl groups is 1. The van der Waals surface area contributed by atoms with Crippen LogP contribution in [0.2, 0.25) is 0 Å². The second kappa shape index (κ2) is 5.85. The van der Waals surface area contributed by atoms with Gasteiger partial charge in [0.15, 0.2) is 0 Å². The van der Waals surface area contributed by atoms with Crippen molar-refractivity contribution < 1.29 is 14.2 Å². The molecule has 0 aromatic heterocycles. The van der Waals surface area contributed by atoms with E-state index in [9.17, 15) is 9.50 Å². The summed E-state index contributed by atoms with van der Waals surface area (Å²) < 4.78 is 18.9. The SMILES string of the molecule is COc1ccc(C)cc1CC(O)c1ccccc1F. The second-order valence-electron chi connectivity index (χ2n) is 4.56. The summed E-state index contributed by atoms with van der Waals surface area (Å²) in [6.07, 6.45) is -0.553. The van der Waals surface area contributed by atoms with Crippen LogP contribution in [0.5, 0.6) is 5.75 Å². The highest BCUT2D eigenvalue weighted by Gasteiger charge is 2.15. The highest BCUT2D eigenvalue weighted by molar-refractivity contribution is 5.38.